The first-order valence-corrected chi connectivity index (χ1v) is 9.58. The van der Waals surface area contributed by atoms with Crippen molar-refractivity contribution in [2.24, 2.45) is 0 Å². The monoisotopic (exact) mass is 401 g/mol. The number of nitrogens with zero attached hydrogens (tertiary/aromatic N) is 1. The number of hydrogen-bond donors (Lipinski definition) is 0. The molecule has 0 aliphatic carbocycles. The molecule has 0 N–H and O–H groups in total. The minimum absolute atomic E-state index is 0.113. The largest absolute Gasteiger partial charge is 0.490 e. The number of methoxy groups -OCH3 is 1. The number of carbonyl (C=O) groups is 2. The van der Waals surface area contributed by atoms with Gasteiger partial charge in [0.15, 0.2) is 11.5 Å². The molecule has 1 heterocycles. The average Bonchev–Trinajstić information content (AvgIpc) is 2.93. The van der Waals surface area contributed by atoms with Gasteiger partial charge < -0.3 is 14.2 Å². The molecule has 0 aromatic heterocycles. The smallest absolute Gasteiger partial charge is 0.293 e. The summed E-state index contributed by atoms with van der Waals surface area (Å²) in [4.78, 5) is 26.2. The highest BCUT2D eigenvalue weighted by Gasteiger charge is 2.34. The van der Waals surface area contributed by atoms with E-state index in [4.69, 9.17) is 20.6 Å². The second kappa shape index (κ2) is 10.6. The summed E-state index contributed by atoms with van der Waals surface area (Å²) in [5.74, 6) is 3.20. The van der Waals surface area contributed by atoms with E-state index in [1.165, 1.54) is 12.0 Å². The zero-order chi connectivity index (χ0) is 20.5. The number of amides is 2. The number of ether oxygens (including phenoxy) is 3. The Morgan fingerprint density at radius 1 is 1.32 bits per heavy atom. The fourth-order valence-corrected chi connectivity index (χ4v) is 3.51. The Kier molecular flexibility index (Phi) is 8.18. The predicted octanol–water partition coefficient (Wildman–Crippen LogP) is 3.51. The van der Waals surface area contributed by atoms with Crippen LogP contribution in [0.15, 0.2) is 29.7 Å². The lowest BCUT2D eigenvalue weighted by molar-refractivity contribution is -0.123. The van der Waals surface area contributed by atoms with E-state index in [0.29, 0.717) is 36.0 Å². The van der Waals surface area contributed by atoms with E-state index in [2.05, 4.69) is 12.5 Å². The lowest BCUT2D eigenvalue weighted by atomic mass is 10.0. The molecule has 0 unspecified atom stereocenters. The van der Waals surface area contributed by atoms with Crippen LogP contribution < -0.4 is 9.47 Å². The summed E-state index contributed by atoms with van der Waals surface area (Å²) >= 11 is 0.908. The molecule has 148 valence electrons. The zero-order valence-electron chi connectivity index (χ0n) is 16.0. The van der Waals surface area contributed by atoms with Gasteiger partial charge in [0.2, 0.25) is 0 Å². The molecule has 7 heteroatoms. The summed E-state index contributed by atoms with van der Waals surface area (Å²) in [6.07, 6.45) is 9.27. The fourth-order valence-electron chi connectivity index (χ4n) is 2.64. The minimum Gasteiger partial charge on any atom is -0.490 e. The first-order valence-electron chi connectivity index (χ1n) is 8.76. The number of carbonyl (C=O) groups excluding carboxylic acids is 2. The molecular formula is C21H23NO5S. The molecule has 2 rings (SSSR count). The zero-order valence-corrected chi connectivity index (χ0v) is 16.8. The second-order valence-electron chi connectivity index (χ2n) is 5.75. The molecule has 0 radical (unpaired) electrons. The Morgan fingerprint density at radius 2 is 2.11 bits per heavy atom. The standard InChI is InChI=1S/C21H23NO5S/c1-5-8-16-12-15(13-17(26-7-3)19(16)27-10-6-2)14-18-20(23)22(9-11-25-4)21(24)28-18/h2,5,12-14H,1,7-11H2,3-4H3/b18-14+. The summed E-state index contributed by atoms with van der Waals surface area (Å²) in [6, 6.07) is 3.64. The molecule has 1 fully saturated rings. The molecule has 0 spiro atoms. The van der Waals surface area contributed by atoms with Gasteiger partial charge >= 0.3 is 0 Å². The summed E-state index contributed by atoms with van der Waals surface area (Å²) in [7, 11) is 1.52. The van der Waals surface area contributed by atoms with Crippen LogP contribution in [0.1, 0.15) is 18.1 Å². The predicted molar refractivity (Wildman–Crippen MR) is 110 cm³/mol. The van der Waals surface area contributed by atoms with Gasteiger partial charge in [-0.25, -0.2) is 0 Å². The van der Waals surface area contributed by atoms with Crippen LogP contribution in [-0.4, -0.2) is 49.5 Å². The van der Waals surface area contributed by atoms with Crippen molar-refractivity contribution in [3.8, 4) is 23.8 Å². The van der Waals surface area contributed by atoms with Crippen LogP contribution in [0.5, 0.6) is 11.5 Å². The highest BCUT2D eigenvalue weighted by molar-refractivity contribution is 8.18. The number of benzene rings is 1. The van der Waals surface area contributed by atoms with E-state index in [1.807, 2.05) is 13.0 Å². The average molecular weight is 401 g/mol. The van der Waals surface area contributed by atoms with Crippen LogP contribution in [0.4, 0.5) is 4.79 Å². The number of terminal acetylenes is 1. The molecule has 1 aromatic carbocycles. The van der Waals surface area contributed by atoms with Crippen LogP contribution in [0.2, 0.25) is 0 Å². The van der Waals surface area contributed by atoms with Crippen LogP contribution in [0.25, 0.3) is 6.08 Å². The van der Waals surface area contributed by atoms with Gasteiger partial charge in [-0.2, -0.15) is 0 Å². The van der Waals surface area contributed by atoms with E-state index in [1.54, 1.807) is 18.2 Å². The molecule has 1 aliphatic heterocycles. The van der Waals surface area contributed by atoms with Crippen molar-refractivity contribution in [3.05, 3.63) is 40.8 Å². The van der Waals surface area contributed by atoms with Gasteiger partial charge in [-0.3, -0.25) is 14.5 Å². The molecular weight excluding hydrogens is 378 g/mol. The lowest BCUT2D eigenvalue weighted by Crippen LogP contribution is -2.31. The Labute approximate surface area is 169 Å². The van der Waals surface area contributed by atoms with Crippen molar-refractivity contribution in [1.29, 1.82) is 0 Å². The topological polar surface area (TPSA) is 65.1 Å². The van der Waals surface area contributed by atoms with Crippen molar-refractivity contribution in [3.63, 3.8) is 0 Å². The lowest BCUT2D eigenvalue weighted by Gasteiger charge is -2.15. The normalized spacial score (nSPS) is 15.0. The Balaban J connectivity index is 2.41. The molecule has 0 bridgehead atoms. The molecule has 0 atom stereocenters. The van der Waals surface area contributed by atoms with Gasteiger partial charge in [-0.15, -0.1) is 13.0 Å². The van der Waals surface area contributed by atoms with Gasteiger partial charge in [0.1, 0.15) is 6.61 Å². The van der Waals surface area contributed by atoms with Gasteiger partial charge in [0.05, 0.1) is 24.7 Å². The number of thioether (sulfide) groups is 1. The SMILES string of the molecule is C#CCOc1c(CC=C)cc(/C=C2/SC(=O)N(CCOC)C2=O)cc1OCC. The Morgan fingerprint density at radius 3 is 2.75 bits per heavy atom. The molecule has 2 amide bonds. The first kappa shape index (κ1) is 21.6. The van der Waals surface area contributed by atoms with Crippen LogP contribution in [0.3, 0.4) is 0 Å². The third-order valence-corrected chi connectivity index (χ3v) is 4.72. The van der Waals surface area contributed by atoms with Crippen LogP contribution >= 0.6 is 11.8 Å². The summed E-state index contributed by atoms with van der Waals surface area (Å²) in [5, 5.41) is -0.307. The highest BCUT2D eigenvalue weighted by Crippen LogP contribution is 2.37. The number of rotatable bonds is 10. The van der Waals surface area contributed by atoms with Crippen molar-refractivity contribution in [2.75, 3.05) is 33.5 Å². The van der Waals surface area contributed by atoms with Gasteiger partial charge in [0.25, 0.3) is 11.1 Å². The van der Waals surface area contributed by atoms with E-state index >= 15 is 0 Å². The second-order valence-corrected chi connectivity index (χ2v) is 6.75. The summed E-state index contributed by atoms with van der Waals surface area (Å²) in [5.41, 5.74) is 1.56. The third kappa shape index (κ3) is 5.18. The quantitative estimate of drug-likeness (QED) is 0.340. The molecule has 0 saturated carbocycles. The molecule has 1 saturated heterocycles. The van der Waals surface area contributed by atoms with Gasteiger partial charge in [-0.1, -0.05) is 12.0 Å². The molecule has 1 aliphatic rings. The molecule has 6 nitrogen and oxygen atoms in total. The van der Waals surface area contributed by atoms with E-state index < -0.39 is 0 Å². The van der Waals surface area contributed by atoms with Gasteiger partial charge in [-0.05, 0) is 48.9 Å². The summed E-state index contributed by atoms with van der Waals surface area (Å²) in [6.45, 7) is 6.72. The Bertz CT molecular complexity index is 825. The minimum atomic E-state index is -0.331. The maximum absolute atomic E-state index is 12.5. The third-order valence-electron chi connectivity index (χ3n) is 3.81. The molecule has 1 aromatic rings. The maximum atomic E-state index is 12.5. The first-order chi connectivity index (χ1) is 13.5. The van der Waals surface area contributed by atoms with Crippen molar-refractivity contribution < 1.29 is 23.8 Å². The number of imide groups is 1. The van der Waals surface area contributed by atoms with Crippen molar-refractivity contribution in [1.82, 2.24) is 4.90 Å². The number of hydrogen-bond acceptors (Lipinski definition) is 6. The van der Waals surface area contributed by atoms with E-state index in [-0.39, 0.29) is 24.3 Å². The van der Waals surface area contributed by atoms with Crippen molar-refractivity contribution >= 4 is 29.0 Å². The highest BCUT2D eigenvalue weighted by atomic mass is 32.2. The Hall–Kier alpha value is -2.69. The van der Waals surface area contributed by atoms with E-state index in [0.717, 1.165) is 22.9 Å². The fraction of sp³-hybridized carbons (Fsp3) is 0.333. The molecule has 28 heavy (non-hydrogen) atoms. The number of allylic oxidation sites excluding steroid dienone is 1. The van der Waals surface area contributed by atoms with Gasteiger partial charge in [0, 0.05) is 12.7 Å². The van der Waals surface area contributed by atoms with Crippen LogP contribution in [-0.2, 0) is 16.0 Å². The van der Waals surface area contributed by atoms with Crippen molar-refractivity contribution in [2.45, 2.75) is 13.3 Å². The van der Waals surface area contributed by atoms with E-state index in [9.17, 15) is 9.59 Å². The van der Waals surface area contributed by atoms with Crippen LogP contribution in [0, 0.1) is 12.3 Å². The maximum Gasteiger partial charge on any atom is 0.293 e. The summed E-state index contributed by atoms with van der Waals surface area (Å²) < 4.78 is 16.3.